The first-order valence-corrected chi connectivity index (χ1v) is 8.17. The van der Waals surface area contributed by atoms with E-state index in [1.165, 1.54) is 5.41 Å². The SMILES string of the molecule is O=S(=O)(/C=C/c1ccccc1)c1ccc2ccccc2c1. The summed E-state index contributed by atoms with van der Waals surface area (Å²) in [6.07, 6.45) is 1.62. The molecular formula is C18H14O2S. The molecule has 2 nitrogen and oxygen atoms in total. The Morgan fingerprint density at radius 1 is 0.714 bits per heavy atom. The van der Waals surface area contributed by atoms with Crippen molar-refractivity contribution in [3.05, 3.63) is 83.8 Å². The van der Waals surface area contributed by atoms with E-state index in [9.17, 15) is 8.42 Å². The molecule has 0 saturated heterocycles. The zero-order chi connectivity index (χ0) is 14.7. The maximum absolute atomic E-state index is 12.4. The molecule has 0 spiro atoms. The highest BCUT2D eigenvalue weighted by Gasteiger charge is 2.10. The summed E-state index contributed by atoms with van der Waals surface area (Å²) < 4.78 is 24.7. The lowest BCUT2D eigenvalue weighted by Crippen LogP contribution is -1.95. The van der Waals surface area contributed by atoms with Crippen molar-refractivity contribution < 1.29 is 8.42 Å². The Morgan fingerprint density at radius 2 is 1.38 bits per heavy atom. The van der Waals surface area contributed by atoms with Crippen molar-refractivity contribution in [1.82, 2.24) is 0 Å². The van der Waals surface area contributed by atoms with E-state index in [2.05, 4.69) is 0 Å². The van der Waals surface area contributed by atoms with E-state index in [4.69, 9.17) is 0 Å². The van der Waals surface area contributed by atoms with Gasteiger partial charge in [0.25, 0.3) is 0 Å². The number of benzene rings is 3. The van der Waals surface area contributed by atoms with Crippen LogP contribution in [0.3, 0.4) is 0 Å². The molecule has 3 rings (SSSR count). The van der Waals surface area contributed by atoms with Gasteiger partial charge in [-0.15, -0.1) is 0 Å². The quantitative estimate of drug-likeness (QED) is 0.722. The topological polar surface area (TPSA) is 34.1 Å². The van der Waals surface area contributed by atoms with Crippen molar-refractivity contribution in [2.24, 2.45) is 0 Å². The molecule has 3 heteroatoms. The maximum Gasteiger partial charge on any atom is 0.199 e. The molecule has 0 aliphatic carbocycles. The van der Waals surface area contributed by atoms with Gasteiger partial charge >= 0.3 is 0 Å². The molecule has 0 aliphatic heterocycles. The first-order chi connectivity index (χ1) is 10.1. The normalized spacial score (nSPS) is 12.0. The molecule has 0 aliphatic rings. The van der Waals surface area contributed by atoms with Gasteiger partial charge in [-0.2, -0.15) is 0 Å². The van der Waals surface area contributed by atoms with Crippen LogP contribution in [0.2, 0.25) is 0 Å². The van der Waals surface area contributed by atoms with Crippen LogP contribution >= 0.6 is 0 Å². The second-order valence-corrected chi connectivity index (χ2v) is 6.60. The average Bonchev–Trinajstić information content (AvgIpc) is 2.53. The number of hydrogen-bond acceptors (Lipinski definition) is 2. The summed E-state index contributed by atoms with van der Waals surface area (Å²) >= 11 is 0. The molecule has 0 heterocycles. The van der Waals surface area contributed by atoms with E-state index in [0.29, 0.717) is 4.90 Å². The molecule has 21 heavy (non-hydrogen) atoms. The van der Waals surface area contributed by atoms with Crippen molar-refractivity contribution in [2.75, 3.05) is 0 Å². The van der Waals surface area contributed by atoms with Gasteiger partial charge in [0.2, 0.25) is 0 Å². The number of rotatable bonds is 3. The van der Waals surface area contributed by atoms with Gasteiger partial charge in [-0.25, -0.2) is 8.42 Å². The minimum absolute atomic E-state index is 0.313. The van der Waals surface area contributed by atoms with Crippen molar-refractivity contribution in [3.8, 4) is 0 Å². The summed E-state index contributed by atoms with van der Waals surface area (Å²) in [7, 11) is -3.43. The predicted octanol–water partition coefficient (Wildman–Crippen LogP) is 4.28. The number of fused-ring (bicyclic) bond motifs is 1. The van der Waals surface area contributed by atoms with E-state index in [-0.39, 0.29) is 0 Å². The van der Waals surface area contributed by atoms with Crippen LogP contribution < -0.4 is 0 Å². The van der Waals surface area contributed by atoms with Gasteiger partial charge < -0.3 is 0 Å². The highest BCUT2D eigenvalue weighted by molar-refractivity contribution is 7.94. The highest BCUT2D eigenvalue weighted by Crippen LogP contribution is 2.21. The lowest BCUT2D eigenvalue weighted by Gasteiger charge is -2.02. The van der Waals surface area contributed by atoms with E-state index >= 15 is 0 Å². The van der Waals surface area contributed by atoms with Gasteiger partial charge in [0.15, 0.2) is 9.84 Å². The van der Waals surface area contributed by atoms with Crippen LogP contribution in [0.1, 0.15) is 5.56 Å². The van der Waals surface area contributed by atoms with Crippen molar-refractivity contribution in [1.29, 1.82) is 0 Å². The summed E-state index contributed by atoms with van der Waals surface area (Å²) in [5.41, 5.74) is 0.863. The second kappa shape index (κ2) is 5.54. The van der Waals surface area contributed by atoms with Gasteiger partial charge in [-0.1, -0.05) is 60.7 Å². The van der Waals surface area contributed by atoms with Crippen molar-refractivity contribution in [2.45, 2.75) is 4.90 Å². The molecule has 0 saturated carbocycles. The zero-order valence-electron chi connectivity index (χ0n) is 11.3. The molecule has 0 fully saturated rings. The molecule has 104 valence electrons. The fraction of sp³-hybridized carbons (Fsp3) is 0. The molecule has 0 amide bonds. The summed E-state index contributed by atoms with van der Waals surface area (Å²) in [4.78, 5) is 0.313. The lowest BCUT2D eigenvalue weighted by atomic mass is 10.1. The molecule has 0 radical (unpaired) electrons. The second-order valence-electron chi connectivity index (χ2n) is 4.77. The van der Waals surface area contributed by atoms with Gasteiger partial charge in [-0.3, -0.25) is 0 Å². The Bertz CT molecular complexity index is 895. The predicted molar refractivity (Wildman–Crippen MR) is 86.6 cm³/mol. The molecule has 0 N–H and O–H groups in total. The van der Waals surface area contributed by atoms with E-state index in [0.717, 1.165) is 16.3 Å². The van der Waals surface area contributed by atoms with E-state index in [1.54, 1.807) is 18.2 Å². The minimum Gasteiger partial charge on any atom is -0.219 e. The number of hydrogen-bond donors (Lipinski definition) is 0. The molecule has 0 unspecified atom stereocenters. The van der Waals surface area contributed by atoms with Crippen LogP contribution in [-0.2, 0) is 9.84 Å². The lowest BCUT2D eigenvalue weighted by molar-refractivity contribution is 0.605. The van der Waals surface area contributed by atoms with Crippen molar-refractivity contribution >= 4 is 26.7 Å². The molecular weight excluding hydrogens is 280 g/mol. The van der Waals surface area contributed by atoms with Gasteiger partial charge in [0, 0.05) is 5.41 Å². The summed E-state index contributed by atoms with van der Waals surface area (Å²) in [5, 5.41) is 3.21. The minimum atomic E-state index is -3.43. The van der Waals surface area contributed by atoms with Crippen LogP contribution in [0.25, 0.3) is 16.8 Å². The fourth-order valence-electron chi connectivity index (χ4n) is 2.16. The van der Waals surface area contributed by atoms with Gasteiger partial charge in [-0.05, 0) is 34.5 Å². The van der Waals surface area contributed by atoms with Gasteiger partial charge in [0.05, 0.1) is 4.90 Å². The van der Waals surface area contributed by atoms with Crippen LogP contribution in [-0.4, -0.2) is 8.42 Å². The Labute approximate surface area is 124 Å². The van der Waals surface area contributed by atoms with Crippen LogP contribution in [0.5, 0.6) is 0 Å². The monoisotopic (exact) mass is 294 g/mol. The Kier molecular flexibility index (Phi) is 3.59. The molecule has 3 aromatic rings. The Hall–Kier alpha value is -2.39. The largest absolute Gasteiger partial charge is 0.219 e. The van der Waals surface area contributed by atoms with Gasteiger partial charge in [0.1, 0.15) is 0 Å². The summed E-state index contributed by atoms with van der Waals surface area (Å²) in [6.45, 7) is 0. The first kappa shape index (κ1) is 13.6. The Morgan fingerprint density at radius 3 is 2.14 bits per heavy atom. The van der Waals surface area contributed by atoms with Crippen LogP contribution in [0.4, 0.5) is 0 Å². The van der Waals surface area contributed by atoms with E-state index in [1.807, 2.05) is 60.7 Å². The molecule has 0 aromatic heterocycles. The molecule has 0 bridgehead atoms. The summed E-state index contributed by atoms with van der Waals surface area (Å²) in [6, 6.07) is 22.3. The highest BCUT2D eigenvalue weighted by atomic mass is 32.2. The number of sulfone groups is 1. The fourth-order valence-corrected chi connectivity index (χ4v) is 3.20. The standard InChI is InChI=1S/C18H14O2S/c19-21(20,13-12-15-6-2-1-3-7-15)18-11-10-16-8-4-5-9-17(16)14-18/h1-14H/b13-12+. The molecule has 3 aromatic carbocycles. The zero-order valence-corrected chi connectivity index (χ0v) is 12.1. The third-order valence-corrected chi connectivity index (χ3v) is 4.69. The molecule has 0 atom stereocenters. The van der Waals surface area contributed by atoms with Crippen LogP contribution in [0.15, 0.2) is 83.1 Å². The maximum atomic E-state index is 12.4. The summed E-state index contributed by atoms with van der Waals surface area (Å²) in [5.74, 6) is 0. The Balaban J connectivity index is 1.98. The smallest absolute Gasteiger partial charge is 0.199 e. The first-order valence-electron chi connectivity index (χ1n) is 6.62. The third-order valence-electron chi connectivity index (χ3n) is 3.29. The van der Waals surface area contributed by atoms with Crippen LogP contribution in [0, 0.1) is 0 Å². The van der Waals surface area contributed by atoms with E-state index < -0.39 is 9.84 Å². The van der Waals surface area contributed by atoms with Crippen molar-refractivity contribution in [3.63, 3.8) is 0 Å². The average molecular weight is 294 g/mol. The third kappa shape index (κ3) is 3.03.